The van der Waals surface area contributed by atoms with Crippen molar-refractivity contribution in [3.05, 3.63) is 24.2 Å². The average molecular weight is 418 g/mol. The summed E-state index contributed by atoms with van der Waals surface area (Å²) in [6, 6.07) is 3.80. The minimum absolute atomic E-state index is 0.00498. The number of piperidine rings is 1. The number of hydrogen-bond donors (Lipinski definition) is 0. The Balaban J connectivity index is 1.31. The molecule has 3 aliphatic rings. The maximum Gasteiger partial charge on any atom is 0.410 e. The summed E-state index contributed by atoms with van der Waals surface area (Å²) in [5.74, 6) is 1.16. The largest absolute Gasteiger partial charge is 0.469 e. The summed E-state index contributed by atoms with van der Waals surface area (Å²) < 4.78 is 10.8. The first-order valence-electron chi connectivity index (χ1n) is 10.8. The molecule has 0 radical (unpaired) electrons. The quantitative estimate of drug-likeness (QED) is 0.754. The zero-order valence-electron chi connectivity index (χ0n) is 18.0. The summed E-state index contributed by atoms with van der Waals surface area (Å²) in [7, 11) is 0. The number of hydrogen-bond acceptors (Lipinski definition) is 5. The van der Waals surface area contributed by atoms with Gasteiger partial charge in [-0.1, -0.05) is 0 Å². The molecule has 0 bridgehead atoms. The number of carbonyl (C=O) groups excluding carboxylic acids is 3. The molecule has 1 aromatic rings. The van der Waals surface area contributed by atoms with Crippen molar-refractivity contribution in [2.75, 3.05) is 32.7 Å². The average Bonchev–Trinajstić information content (AvgIpc) is 3.30. The van der Waals surface area contributed by atoms with Crippen LogP contribution in [0.3, 0.4) is 0 Å². The van der Waals surface area contributed by atoms with E-state index in [2.05, 4.69) is 0 Å². The summed E-state index contributed by atoms with van der Waals surface area (Å²) >= 11 is 0. The van der Waals surface area contributed by atoms with Crippen molar-refractivity contribution in [1.82, 2.24) is 14.7 Å². The molecule has 0 aromatic carbocycles. The predicted octanol–water partition coefficient (Wildman–Crippen LogP) is 2.45. The normalized spacial score (nSPS) is 27.2. The molecule has 3 fully saturated rings. The topological polar surface area (TPSA) is 83.3 Å². The molecule has 1 aliphatic carbocycles. The molecule has 0 spiro atoms. The van der Waals surface area contributed by atoms with Crippen LogP contribution in [-0.4, -0.2) is 77.0 Å². The standard InChI is InChI=1S/C22H31N3O5/c1-22(2,3)30-21(28)24-9-10-25(19(26)14-24)15-6-4-8-23(13-15)20(27)17-12-16(17)18-7-5-11-29-18/h5,7,11,15-17H,4,6,8-10,12-14H2,1-3H3/t15-,16-,17-/m1/s1. The van der Waals surface area contributed by atoms with Gasteiger partial charge >= 0.3 is 6.09 Å². The second-order valence-corrected chi connectivity index (χ2v) is 9.53. The highest BCUT2D eigenvalue weighted by Gasteiger charge is 2.48. The second-order valence-electron chi connectivity index (χ2n) is 9.53. The van der Waals surface area contributed by atoms with Crippen LogP contribution >= 0.6 is 0 Å². The third-order valence-electron chi connectivity index (χ3n) is 6.07. The van der Waals surface area contributed by atoms with Gasteiger partial charge in [-0.25, -0.2) is 4.79 Å². The van der Waals surface area contributed by atoms with Crippen molar-refractivity contribution in [1.29, 1.82) is 0 Å². The number of nitrogens with zero attached hydrogens (tertiary/aromatic N) is 3. The van der Waals surface area contributed by atoms with Gasteiger partial charge in [0, 0.05) is 44.1 Å². The van der Waals surface area contributed by atoms with Crippen LogP contribution in [0.25, 0.3) is 0 Å². The first kappa shape index (κ1) is 20.8. The van der Waals surface area contributed by atoms with Crippen molar-refractivity contribution in [3.8, 4) is 0 Å². The molecule has 2 aliphatic heterocycles. The van der Waals surface area contributed by atoms with E-state index in [4.69, 9.17) is 9.15 Å². The van der Waals surface area contributed by atoms with E-state index in [9.17, 15) is 14.4 Å². The minimum atomic E-state index is -0.586. The lowest BCUT2D eigenvalue weighted by Crippen LogP contribution is -2.59. The molecule has 8 heteroatoms. The SMILES string of the molecule is CC(C)(C)OC(=O)N1CCN([C@@H]2CCCN(C(=O)[C@@H]3C[C@H]3c3ccco3)C2)C(=O)C1. The molecular weight excluding hydrogens is 386 g/mol. The smallest absolute Gasteiger partial charge is 0.410 e. The molecule has 30 heavy (non-hydrogen) atoms. The van der Waals surface area contributed by atoms with E-state index < -0.39 is 11.7 Å². The van der Waals surface area contributed by atoms with Gasteiger partial charge in [0.2, 0.25) is 11.8 Å². The zero-order chi connectivity index (χ0) is 21.5. The first-order chi connectivity index (χ1) is 14.2. The van der Waals surface area contributed by atoms with E-state index in [1.54, 1.807) is 6.26 Å². The lowest BCUT2D eigenvalue weighted by atomic mass is 10.0. The molecule has 3 atom stereocenters. The number of ether oxygens (including phenoxy) is 1. The van der Waals surface area contributed by atoms with Crippen LogP contribution in [0.5, 0.6) is 0 Å². The predicted molar refractivity (Wildman–Crippen MR) is 109 cm³/mol. The Hall–Kier alpha value is -2.51. The maximum absolute atomic E-state index is 13.0. The summed E-state index contributed by atoms with van der Waals surface area (Å²) in [6.07, 6.45) is 3.80. The molecule has 3 amide bonds. The van der Waals surface area contributed by atoms with Crippen LogP contribution in [0.2, 0.25) is 0 Å². The Morgan fingerprint density at radius 3 is 2.63 bits per heavy atom. The molecule has 4 rings (SSSR count). The number of likely N-dealkylation sites (tertiary alicyclic amines) is 1. The minimum Gasteiger partial charge on any atom is -0.469 e. The van der Waals surface area contributed by atoms with Crippen LogP contribution in [-0.2, 0) is 14.3 Å². The molecular formula is C22H31N3O5. The third-order valence-corrected chi connectivity index (χ3v) is 6.07. The molecule has 0 unspecified atom stereocenters. The zero-order valence-corrected chi connectivity index (χ0v) is 18.0. The molecule has 3 heterocycles. The van der Waals surface area contributed by atoms with Crippen LogP contribution in [0, 0.1) is 5.92 Å². The highest BCUT2D eigenvalue weighted by molar-refractivity contribution is 5.85. The Morgan fingerprint density at radius 2 is 1.97 bits per heavy atom. The number of rotatable bonds is 3. The Morgan fingerprint density at radius 1 is 1.17 bits per heavy atom. The summed E-state index contributed by atoms with van der Waals surface area (Å²) in [4.78, 5) is 43.2. The maximum atomic E-state index is 13.0. The summed E-state index contributed by atoms with van der Waals surface area (Å²) in [6.45, 7) is 7.70. The summed E-state index contributed by atoms with van der Waals surface area (Å²) in [5.41, 5.74) is -0.586. The van der Waals surface area contributed by atoms with E-state index in [1.807, 2.05) is 42.7 Å². The highest BCUT2D eigenvalue weighted by Crippen LogP contribution is 2.48. The van der Waals surface area contributed by atoms with Crippen LogP contribution in [0.1, 0.15) is 51.7 Å². The molecule has 1 saturated carbocycles. The summed E-state index contributed by atoms with van der Waals surface area (Å²) in [5, 5.41) is 0. The highest BCUT2D eigenvalue weighted by atomic mass is 16.6. The molecule has 8 nitrogen and oxygen atoms in total. The fraction of sp³-hybridized carbons (Fsp3) is 0.682. The van der Waals surface area contributed by atoms with Crippen LogP contribution in [0.15, 0.2) is 22.8 Å². The van der Waals surface area contributed by atoms with Crippen LogP contribution < -0.4 is 0 Å². The lowest BCUT2D eigenvalue weighted by Gasteiger charge is -2.43. The first-order valence-corrected chi connectivity index (χ1v) is 10.8. The Kier molecular flexibility index (Phi) is 5.51. The van der Waals surface area contributed by atoms with Gasteiger partial charge in [-0.15, -0.1) is 0 Å². The van der Waals surface area contributed by atoms with Gasteiger partial charge in [0.05, 0.1) is 6.26 Å². The van der Waals surface area contributed by atoms with E-state index in [-0.39, 0.29) is 36.2 Å². The fourth-order valence-corrected chi connectivity index (χ4v) is 4.48. The third kappa shape index (κ3) is 4.47. The fourth-order valence-electron chi connectivity index (χ4n) is 4.48. The van der Waals surface area contributed by atoms with Gasteiger partial charge in [0.1, 0.15) is 17.9 Å². The van der Waals surface area contributed by atoms with E-state index in [1.165, 1.54) is 4.90 Å². The Bertz CT molecular complexity index is 800. The monoisotopic (exact) mass is 417 g/mol. The van der Waals surface area contributed by atoms with Crippen LogP contribution in [0.4, 0.5) is 4.79 Å². The van der Waals surface area contributed by atoms with Gasteiger partial charge in [-0.05, 0) is 52.2 Å². The van der Waals surface area contributed by atoms with E-state index >= 15 is 0 Å². The van der Waals surface area contributed by atoms with Crippen molar-refractivity contribution < 1.29 is 23.5 Å². The van der Waals surface area contributed by atoms with Gasteiger partial charge in [-0.2, -0.15) is 0 Å². The number of carbonyl (C=O) groups is 3. The van der Waals surface area contributed by atoms with Crippen molar-refractivity contribution in [3.63, 3.8) is 0 Å². The number of piperazine rings is 1. The molecule has 0 N–H and O–H groups in total. The number of amides is 3. The number of furan rings is 1. The molecule has 164 valence electrons. The van der Waals surface area contributed by atoms with Crippen molar-refractivity contribution in [2.24, 2.45) is 5.92 Å². The van der Waals surface area contributed by atoms with E-state index in [0.29, 0.717) is 19.6 Å². The van der Waals surface area contributed by atoms with Gasteiger partial charge in [0.15, 0.2) is 0 Å². The molecule has 1 aromatic heterocycles. The van der Waals surface area contributed by atoms with Crippen molar-refractivity contribution >= 4 is 17.9 Å². The van der Waals surface area contributed by atoms with Crippen molar-refractivity contribution in [2.45, 2.75) is 57.6 Å². The second kappa shape index (κ2) is 7.96. The van der Waals surface area contributed by atoms with Gasteiger partial charge in [0.25, 0.3) is 0 Å². The Labute approximate surface area is 177 Å². The van der Waals surface area contributed by atoms with E-state index in [0.717, 1.165) is 31.6 Å². The molecule has 2 saturated heterocycles. The van der Waals surface area contributed by atoms with Gasteiger partial charge in [-0.3, -0.25) is 14.5 Å². The lowest BCUT2D eigenvalue weighted by molar-refractivity contribution is -0.143. The van der Waals surface area contributed by atoms with Gasteiger partial charge < -0.3 is 19.0 Å².